The summed E-state index contributed by atoms with van der Waals surface area (Å²) in [6.07, 6.45) is 2.17. The Hall–Kier alpha value is -3.61. The van der Waals surface area contributed by atoms with Crippen LogP contribution >= 0.6 is 0 Å². The Morgan fingerprint density at radius 2 is 1.93 bits per heavy atom. The number of carbonyl (C=O) groups excluding carboxylic acids is 1. The number of ether oxygens (including phenoxy) is 2. The van der Waals surface area contributed by atoms with Gasteiger partial charge in [-0.3, -0.25) is 4.79 Å². The summed E-state index contributed by atoms with van der Waals surface area (Å²) in [7, 11) is 1.61. The molecule has 7 nitrogen and oxygen atoms in total. The molecule has 0 saturated heterocycles. The molecule has 2 heterocycles. The molecule has 4 aromatic rings. The quantitative estimate of drug-likeness (QED) is 0.468. The number of aromatic nitrogens is 3. The molecule has 0 saturated carbocycles. The maximum atomic E-state index is 12.3. The Morgan fingerprint density at radius 1 is 1.14 bits per heavy atom. The van der Waals surface area contributed by atoms with Crippen LogP contribution in [0.4, 0.5) is 0 Å². The van der Waals surface area contributed by atoms with Crippen molar-refractivity contribution in [3.63, 3.8) is 0 Å². The van der Waals surface area contributed by atoms with E-state index in [1.807, 2.05) is 54.7 Å². The van der Waals surface area contributed by atoms with Crippen molar-refractivity contribution in [3.8, 4) is 17.2 Å². The first kappa shape index (κ1) is 18.7. The van der Waals surface area contributed by atoms with Gasteiger partial charge in [0, 0.05) is 29.1 Å². The van der Waals surface area contributed by atoms with Crippen molar-refractivity contribution in [1.29, 1.82) is 0 Å². The Bertz CT molecular complexity index is 1110. The summed E-state index contributed by atoms with van der Waals surface area (Å²) in [5, 5.41) is 9.17. The molecule has 7 heteroatoms. The number of methoxy groups -OCH3 is 1. The largest absolute Gasteiger partial charge is 0.497 e. The molecular weight excluding hydrogens is 370 g/mol. The second-order valence-electron chi connectivity index (χ2n) is 6.67. The maximum Gasteiger partial charge on any atom is 0.306 e. The highest BCUT2D eigenvalue weighted by atomic mass is 16.6. The highest BCUT2D eigenvalue weighted by Gasteiger charge is 2.19. The number of aryl methyl sites for hydroxylation is 1. The van der Waals surface area contributed by atoms with Crippen molar-refractivity contribution >= 4 is 16.9 Å². The number of carbonyl (C=O) groups is 1. The van der Waals surface area contributed by atoms with Gasteiger partial charge in [-0.05, 0) is 49.2 Å². The number of aromatic amines is 1. The van der Waals surface area contributed by atoms with Gasteiger partial charge in [0.05, 0.1) is 7.11 Å². The van der Waals surface area contributed by atoms with Crippen molar-refractivity contribution < 1.29 is 18.7 Å². The van der Waals surface area contributed by atoms with E-state index in [9.17, 15) is 4.79 Å². The molecule has 0 amide bonds. The number of esters is 1. The Balaban J connectivity index is 1.35. The van der Waals surface area contributed by atoms with Gasteiger partial charge in [0.15, 0.2) is 6.10 Å². The first-order valence-corrected chi connectivity index (χ1v) is 9.36. The number of nitrogens with one attached hydrogen (secondary N) is 1. The minimum absolute atomic E-state index is 0.260. The number of rotatable bonds is 7. The molecule has 0 aliphatic carbocycles. The molecule has 1 atom stereocenters. The van der Waals surface area contributed by atoms with Crippen molar-refractivity contribution in [2.24, 2.45) is 0 Å². The summed E-state index contributed by atoms with van der Waals surface area (Å²) in [4.78, 5) is 15.5. The monoisotopic (exact) mass is 391 g/mol. The van der Waals surface area contributed by atoms with Crippen molar-refractivity contribution in [3.05, 3.63) is 66.2 Å². The third-order valence-electron chi connectivity index (χ3n) is 4.71. The van der Waals surface area contributed by atoms with E-state index in [-0.39, 0.29) is 18.3 Å². The van der Waals surface area contributed by atoms with E-state index in [2.05, 4.69) is 15.2 Å². The smallest absolute Gasteiger partial charge is 0.306 e. The van der Waals surface area contributed by atoms with Crippen LogP contribution in [0.5, 0.6) is 5.75 Å². The molecule has 0 bridgehead atoms. The van der Waals surface area contributed by atoms with E-state index >= 15 is 0 Å². The summed E-state index contributed by atoms with van der Waals surface area (Å²) in [6, 6.07) is 15.3. The van der Waals surface area contributed by atoms with Gasteiger partial charge >= 0.3 is 5.97 Å². The molecule has 0 aliphatic rings. The summed E-state index contributed by atoms with van der Waals surface area (Å²) < 4.78 is 16.3. The normalized spacial score (nSPS) is 12.1. The molecule has 0 spiro atoms. The Kier molecular flexibility index (Phi) is 5.29. The highest BCUT2D eigenvalue weighted by molar-refractivity contribution is 5.83. The summed E-state index contributed by atoms with van der Waals surface area (Å²) in [5.41, 5.74) is 2.91. The number of fused-ring (bicyclic) bond motifs is 1. The fourth-order valence-electron chi connectivity index (χ4n) is 3.13. The van der Waals surface area contributed by atoms with E-state index in [1.54, 1.807) is 14.0 Å². The highest BCUT2D eigenvalue weighted by Crippen LogP contribution is 2.25. The molecule has 1 N–H and O–H groups in total. The van der Waals surface area contributed by atoms with Crippen LogP contribution in [0.15, 0.2) is 59.1 Å². The molecule has 0 aliphatic heterocycles. The summed E-state index contributed by atoms with van der Waals surface area (Å²) >= 11 is 0. The molecule has 2 aromatic carbocycles. The van der Waals surface area contributed by atoms with Crippen LogP contribution in [0.1, 0.15) is 30.9 Å². The molecule has 148 valence electrons. The second-order valence-corrected chi connectivity index (χ2v) is 6.67. The third-order valence-corrected chi connectivity index (χ3v) is 4.71. The number of para-hydroxylation sites is 1. The van der Waals surface area contributed by atoms with E-state index in [0.29, 0.717) is 12.3 Å². The zero-order chi connectivity index (χ0) is 20.2. The van der Waals surface area contributed by atoms with Gasteiger partial charge in [0.2, 0.25) is 5.89 Å². The van der Waals surface area contributed by atoms with Gasteiger partial charge in [-0.15, -0.1) is 10.2 Å². The average Bonchev–Trinajstić information content (AvgIpc) is 3.40. The molecule has 0 fully saturated rings. The van der Waals surface area contributed by atoms with Gasteiger partial charge in [0.25, 0.3) is 5.89 Å². The zero-order valence-corrected chi connectivity index (χ0v) is 16.2. The van der Waals surface area contributed by atoms with E-state index in [1.165, 1.54) is 0 Å². The van der Waals surface area contributed by atoms with Crippen LogP contribution in [-0.4, -0.2) is 28.3 Å². The number of benzene rings is 2. The van der Waals surface area contributed by atoms with Crippen molar-refractivity contribution in [2.75, 3.05) is 7.11 Å². The summed E-state index contributed by atoms with van der Waals surface area (Å²) in [5.74, 6) is 1.05. The zero-order valence-electron chi connectivity index (χ0n) is 16.2. The van der Waals surface area contributed by atoms with E-state index < -0.39 is 6.10 Å². The molecule has 29 heavy (non-hydrogen) atoms. The standard InChI is InChI=1S/C22H21N3O4/c1-14(21-24-25-22(29-21)15-7-10-17(27-2)11-8-15)28-20(26)12-9-16-13-23-19-6-4-3-5-18(16)19/h3-8,10-11,13-14,23H,9,12H2,1-2H3/t14-/m0/s1. The molecule has 4 rings (SSSR count). The lowest BCUT2D eigenvalue weighted by atomic mass is 10.1. The van der Waals surface area contributed by atoms with Gasteiger partial charge in [-0.1, -0.05) is 18.2 Å². The van der Waals surface area contributed by atoms with Crippen molar-refractivity contribution in [1.82, 2.24) is 15.2 Å². The first-order chi connectivity index (χ1) is 14.1. The molecule has 0 radical (unpaired) electrons. The SMILES string of the molecule is COc1ccc(-c2nnc([C@H](C)OC(=O)CCc3c[nH]c4ccccc34)o2)cc1. The van der Waals surface area contributed by atoms with Gasteiger partial charge in [-0.25, -0.2) is 0 Å². The number of nitrogens with zero attached hydrogens (tertiary/aromatic N) is 2. The second kappa shape index (κ2) is 8.18. The predicted molar refractivity (Wildman–Crippen MR) is 107 cm³/mol. The minimum atomic E-state index is -0.620. The van der Waals surface area contributed by atoms with Crippen LogP contribution in [-0.2, 0) is 16.0 Å². The van der Waals surface area contributed by atoms with Gasteiger partial charge < -0.3 is 18.9 Å². The number of hydrogen-bond acceptors (Lipinski definition) is 6. The van der Waals surface area contributed by atoms with E-state index in [4.69, 9.17) is 13.9 Å². The minimum Gasteiger partial charge on any atom is -0.497 e. The molecular formula is C22H21N3O4. The van der Waals surface area contributed by atoms with Gasteiger partial charge in [-0.2, -0.15) is 0 Å². The van der Waals surface area contributed by atoms with Crippen LogP contribution < -0.4 is 4.74 Å². The van der Waals surface area contributed by atoms with Gasteiger partial charge in [0.1, 0.15) is 5.75 Å². The summed E-state index contributed by atoms with van der Waals surface area (Å²) in [6.45, 7) is 1.72. The number of hydrogen-bond donors (Lipinski definition) is 1. The topological polar surface area (TPSA) is 90.2 Å². The Labute approximate surface area is 167 Å². The van der Waals surface area contributed by atoms with Crippen LogP contribution in [0.3, 0.4) is 0 Å². The van der Waals surface area contributed by atoms with E-state index in [0.717, 1.165) is 27.8 Å². The third kappa shape index (κ3) is 4.13. The van der Waals surface area contributed by atoms with Crippen LogP contribution in [0.25, 0.3) is 22.4 Å². The average molecular weight is 391 g/mol. The molecule has 0 unspecified atom stereocenters. The number of H-pyrrole nitrogens is 1. The lowest BCUT2D eigenvalue weighted by molar-refractivity contribution is -0.149. The first-order valence-electron chi connectivity index (χ1n) is 9.36. The fraction of sp³-hybridized carbons (Fsp3) is 0.227. The van der Waals surface area contributed by atoms with Crippen molar-refractivity contribution in [2.45, 2.75) is 25.9 Å². The molecule has 2 aromatic heterocycles. The fourth-order valence-corrected chi connectivity index (χ4v) is 3.13. The van der Waals surface area contributed by atoms with Crippen LogP contribution in [0.2, 0.25) is 0 Å². The maximum absolute atomic E-state index is 12.3. The predicted octanol–water partition coefficient (Wildman–Crippen LogP) is 4.46. The lowest BCUT2D eigenvalue weighted by Crippen LogP contribution is -2.10. The lowest BCUT2D eigenvalue weighted by Gasteiger charge is -2.09. The van der Waals surface area contributed by atoms with Crippen LogP contribution in [0, 0.1) is 0 Å². The Morgan fingerprint density at radius 3 is 2.72 bits per heavy atom.